The molecular weight excluding hydrogens is 302 g/mol. The maximum Gasteiger partial charge on any atom is 0.242 e. The average molecular weight is 319 g/mol. The van der Waals surface area contributed by atoms with Crippen LogP contribution in [-0.2, 0) is 10.0 Å². The molecule has 7 nitrogen and oxygen atoms in total. The first-order valence-electron chi connectivity index (χ1n) is 7.09. The lowest BCUT2D eigenvalue weighted by Gasteiger charge is -2.32. The van der Waals surface area contributed by atoms with E-state index in [-0.39, 0.29) is 10.9 Å². The lowest BCUT2D eigenvalue weighted by Crippen LogP contribution is -2.45. The smallest absolute Gasteiger partial charge is 0.242 e. The minimum absolute atomic E-state index is 0.0785. The maximum atomic E-state index is 12.3. The van der Waals surface area contributed by atoms with Gasteiger partial charge in [-0.3, -0.25) is 4.98 Å². The summed E-state index contributed by atoms with van der Waals surface area (Å²) in [6.07, 6.45) is 7.77. The summed E-state index contributed by atoms with van der Waals surface area (Å²) in [4.78, 5) is 14.5. The van der Waals surface area contributed by atoms with Crippen molar-refractivity contribution in [2.45, 2.75) is 23.8 Å². The van der Waals surface area contributed by atoms with E-state index in [1.807, 2.05) is 0 Å². The summed E-state index contributed by atoms with van der Waals surface area (Å²) in [6.45, 7) is 1.45. The first-order valence-corrected chi connectivity index (χ1v) is 8.58. The van der Waals surface area contributed by atoms with Crippen LogP contribution in [0.2, 0.25) is 0 Å². The van der Waals surface area contributed by atoms with Gasteiger partial charge in [-0.2, -0.15) is 0 Å². The van der Waals surface area contributed by atoms with Gasteiger partial charge in [0.2, 0.25) is 16.0 Å². The predicted octanol–water partition coefficient (Wildman–Crippen LogP) is 0.819. The third kappa shape index (κ3) is 3.40. The van der Waals surface area contributed by atoms with Gasteiger partial charge >= 0.3 is 0 Å². The van der Waals surface area contributed by atoms with Crippen molar-refractivity contribution >= 4 is 16.0 Å². The fourth-order valence-corrected chi connectivity index (χ4v) is 3.71. The molecule has 2 aromatic heterocycles. The molecule has 1 N–H and O–H groups in total. The van der Waals surface area contributed by atoms with Crippen molar-refractivity contribution in [3.8, 4) is 0 Å². The van der Waals surface area contributed by atoms with Gasteiger partial charge in [-0.05, 0) is 31.0 Å². The number of sulfonamides is 1. The van der Waals surface area contributed by atoms with E-state index >= 15 is 0 Å². The van der Waals surface area contributed by atoms with E-state index in [2.05, 4.69) is 24.6 Å². The molecule has 22 heavy (non-hydrogen) atoms. The molecule has 0 bridgehead atoms. The molecule has 1 aliphatic heterocycles. The van der Waals surface area contributed by atoms with Crippen molar-refractivity contribution in [3.63, 3.8) is 0 Å². The van der Waals surface area contributed by atoms with Gasteiger partial charge in [-0.25, -0.2) is 23.1 Å². The minimum Gasteiger partial charge on any atom is -0.341 e. The molecule has 2 aromatic rings. The first-order chi connectivity index (χ1) is 10.6. The van der Waals surface area contributed by atoms with Gasteiger partial charge in [0.15, 0.2) is 0 Å². The van der Waals surface area contributed by atoms with Crippen LogP contribution in [0.15, 0.2) is 47.9 Å². The zero-order chi connectivity index (χ0) is 15.4. The quantitative estimate of drug-likeness (QED) is 0.897. The summed E-state index contributed by atoms with van der Waals surface area (Å²) in [5, 5.41) is 0. The monoisotopic (exact) mass is 319 g/mol. The number of anilines is 1. The Morgan fingerprint density at radius 3 is 2.45 bits per heavy atom. The molecule has 0 aliphatic carbocycles. The minimum atomic E-state index is -3.50. The van der Waals surface area contributed by atoms with Crippen LogP contribution in [0, 0.1) is 0 Å². The molecule has 3 rings (SSSR count). The Hall–Kier alpha value is -2.06. The second kappa shape index (κ2) is 6.37. The standard InChI is InChI=1S/C14H17N5O2S/c20-22(21,13-3-1-6-15-11-13)18-12-4-9-19(10-5-12)14-16-7-2-8-17-14/h1-3,6-8,11-12,18H,4-5,9-10H2. The normalized spacial score (nSPS) is 16.6. The van der Waals surface area contributed by atoms with Crippen molar-refractivity contribution in [2.75, 3.05) is 18.0 Å². The summed E-state index contributed by atoms with van der Waals surface area (Å²) in [6, 6.07) is 4.86. The Bertz CT molecular complexity index is 701. The molecule has 0 aromatic carbocycles. The molecule has 3 heterocycles. The Morgan fingerprint density at radius 2 is 1.82 bits per heavy atom. The van der Waals surface area contributed by atoms with Crippen molar-refractivity contribution in [2.24, 2.45) is 0 Å². The number of nitrogens with zero attached hydrogens (tertiary/aromatic N) is 4. The van der Waals surface area contributed by atoms with E-state index in [0.717, 1.165) is 25.9 Å². The highest BCUT2D eigenvalue weighted by Gasteiger charge is 2.25. The van der Waals surface area contributed by atoms with Crippen LogP contribution in [0.25, 0.3) is 0 Å². The lowest BCUT2D eigenvalue weighted by atomic mass is 10.1. The number of nitrogens with one attached hydrogen (secondary N) is 1. The van der Waals surface area contributed by atoms with Gasteiger partial charge in [0.05, 0.1) is 0 Å². The summed E-state index contributed by atoms with van der Waals surface area (Å²) in [7, 11) is -3.50. The highest BCUT2D eigenvalue weighted by molar-refractivity contribution is 7.89. The highest BCUT2D eigenvalue weighted by atomic mass is 32.2. The van der Waals surface area contributed by atoms with E-state index in [4.69, 9.17) is 0 Å². The van der Waals surface area contributed by atoms with E-state index in [0.29, 0.717) is 5.95 Å². The van der Waals surface area contributed by atoms with Crippen molar-refractivity contribution in [1.82, 2.24) is 19.7 Å². The van der Waals surface area contributed by atoms with Gasteiger partial charge in [0.1, 0.15) is 4.90 Å². The number of pyridine rings is 1. The fourth-order valence-electron chi connectivity index (χ4n) is 2.45. The molecule has 1 fully saturated rings. The summed E-state index contributed by atoms with van der Waals surface area (Å²) >= 11 is 0. The Morgan fingerprint density at radius 1 is 1.09 bits per heavy atom. The molecular formula is C14H17N5O2S. The number of aromatic nitrogens is 3. The van der Waals surface area contributed by atoms with Crippen LogP contribution in [0.1, 0.15) is 12.8 Å². The first kappa shape index (κ1) is 14.9. The van der Waals surface area contributed by atoms with Crippen LogP contribution in [0.4, 0.5) is 5.95 Å². The fraction of sp³-hybridized carbons (Fsp3) is 0.357. The molecule has 1 saturated heterocycles. The SMILES string of the molecule is O=S(=O)(NC1CCN(c2ncccn2)CC1)c1cccnc1. The highest BCUT2D eigenvalue weighted by Crippen LogP contribution is 2.17. The number of hydrogen-bond acceptors (Lipinski definition) is 6. The molecule has 0 spiro atoms. The second-order valence-electron chi connectivity index (χ2n) is 5.12. The van der Waals surface area contributed by atoms with Gasteiger partial charge in [0, 0.05) is 43.9 Å². The zero-order valence-corrected chi connectivity index (χ0v) is 12.8. The van der Waals surface area contributed by atoms with Crippen molar-refractivity contribution < 1.29 is 8.42 Å². The summed E-state index contributed by atoms with van der Waals surface area (Å²) in [5.41, 5.74) is 0. The third-order valence-corrected chi connectivity index (χ3v) is 5.10. The van der Waals surface area contributed by atoms with Crippen LogP contribution < -0.4 is 9.62 Å². The second-order valence-corrected chi connectivity index (χ2v) is 6.83. The van der Waals surface area contributed by atoms with Crippen LogP contribution in [0.3, 0.4) is 0 Å². The number of rotatable bonds is 4. The number of piperidine rings is 1. The van der Waals surface area contributed by atoms with Crippen LogP contribution in [0.5, 0.6) is 0 Å². The average Bonchev–Trinajstić information content (AvgIpc) is 2.57. The summed E-state index contributed by atoms with van der Waals surface area (Å²) in [5.74, 6) is 0.691. The molecule has 1 aliphatic rings. The molecule has 116 valence electrons. The summed E-state index contributed by atoms with van der Waals surface area (Å²) < 4.78 is 27.3. The Balaban J connectivity index is 1.61. The van der Waals surface area contributed by atoms with Crippen molar-refractivity contribution in [3.05, 3.63) is 43.0 Å². The zero-order valence-electron chi connectivity index (χ0n) is 12.0. The van der Waals surface area contributed by atoms with Crippen molar-refractivity contribution in [1.29, 1.82) is 0 Å². The van der Waals surface area contributed by atoms with E-state index in [1.165, 1.54) is 6.20 Å². The van der Waals surface area contributed by atoms with E-state index < -0.39 is 10.0 Å². The van der Waals surface area contributed by atoms with E-state index in [1.54, 1.807) is 36.8 Å². The maximum absolute atomic E-state index is 12.3. The van der Waals surface area contributed by atoms with Crippen LogP contribution >= 0.6 is 0 Å². The number of hydrogen-bond donors (Lipinski definition) is 1. The third-order valence-electron chi connectivity index (χ3n) is 3.60. The van der Waals surface area contributed by atoms with Gasteiger partial charge in [0.25, 0.3) is 0 Å². The molecule has 0 amide bonds. The largest absolute Gasteiger partial charge is 0.341 e. The van der Waals surface area contributed by atoms with Gasteiger partial charge in [-0.1, -0.05) is 0 Å². The molecule has 0 atom stereocenters. The van der Waals surface area contributed by atoms with Crippen LogP contribution in [-0.4, -0.2) is 42.5 Å². The predicted molar refractivity (Wildman–Crippen MR) is 81.8 cm³/mol. The molecule has 0 radical (unpaired) electrons. The molecule has 0 saturated carbocycles. The van der Waals surface area contributed by atoms with Gasteiger partial charge in [-0.15, -0.1) is 0 Å². The molecule has 0 unspecified atom stereocenters. The van der Waals surface area contributed by atoms with Gasteiger partial charge < -0.3 is 4.90 Å². The topological polar surface area (TPSA) is 88.1 Å². The molecule has 8 heteroatoms. The lowest BCUT2D eigenvalue weighted by molar-refractivity contribution is 0.456. The Kier molecular flexibility index (Phi) is 4.30. The Labute approximate surface area is 129 Å². The van der Waals surface area contributed by atoms with E-state index in [9.17, 15) is 8.42 Å².